The Kier molecular flexibility index (Phi) is 1.18. The van der Waals surface area contributed by atoms with Crippen molar-refractivity contribution in [2.45, 2.75) is 0 Å². The summed E-state index contributed by atoms with van der Waals surface area (Å²) in [5.74, 6) is 0. The minimum Gasteiger partial charge on any atom is -0.296 e. The highest BCUT2D eigenvalue weighted by Crippen LogP contribution is 1.99. The molecule has 0 spiro atoms. The minimum absolute atomic E-state index is 0.406. The SMILES string of the molecule is O=Cc1cc2ncccn2n1. The Morgan fingerprint density at radius 1 is 1.55 bits per heavy atom. The zero-order chi connectivity index (χ0) is 7.68. The van der Waals surface area contributed by atoms with E-state index in [1.807, 2.05) is 0 Å². The van der Waals surface area contributed by atoms with E-state index >= 15 is 0 Å². The summed E-state index contributed by atoms with van der Waals surface area (Å²) < 4.78 is 1.56. The van der Waals surface area contributed by atoms with E-state index in [9.17, 15) is 4.79 Å². The van der Waals surface area contributed by atoms with Crippen LogP contribution >= 0.6 is 0 Å². The minimum atomic E-state index is 0.406. The van der Waals surface area contributed by atoms with Crippen molar-refractivity contribution in [3.8, 4) is 0 Å². The number of nitrogens with zero attached hydrogens (tertiary/aromatic N) is 3. The molecule has 0 aliphatic heterocycles. The Balaban J connectivity index is 2.78. The molecule has 0 bridgehead atoms. The summed E-state index contributed by atoms with van der Waals surface area (Å²) in [5.41, 5.74) is 1.10. The summed E-state index contributed by atoms with van der Waals surface area (Å²) in [6, 6.07) is 3.39. The van der Waals surface area contributed by atoms with Gasteiger partial charge in [-0.25, -0.2) is 9.50 Å². The van der Waals surface area contributed by atoms with Gasteiger partial charge in [0.2, 0.25) is 0 Å². The summed E-state index contributed by atoms with van der Waals surface area (Å²) >= 11 is 0. The van der Waals surface area contributed by atoms with E-state index in [4.69, 9.17) is 0 Å². The first-order valence-electron chi connectivity index (χ1n) is 3.16. The molecular weight excluding hydrogens is 142 g/mol. The normalized spacial score (nSPS) is 10.2. The van der Waals surface area contributed by atoms with Crippen molar-refractivity contribution in [2.75, 3.05) is 0 Å². The van der Waals surface area contributed by atoms with Gasteiger partial charge in [0.05, 0.1) is 0 Å². The summed E-state index contributed by atoms with van der Waals surface area (Å²) in [6.45, 7) is 0. The number of hydrogen-bond acceptors (Lipinski definition) is 3. The highest BCUT2D eigenvalue weighted by atomic mass is 16.1. The number of aromatic nitrogens is 3. The summed E-state index contributed by atoms with van der Waals surface area (Å²) in [6.07, 6.45) is 4.11. The average molecular weight is 147 g/mol. The molecule has 0 amide bonds. The fraction of sp³-hybridized carbons (Fsp3) is 0. The van der Waals surface area contributed by atoms with E-state index in [1.54, 1.807) is 29.0 Å². The smallest absolute Gasteiger partial charge is 0.170 e. The number of rotatable bonds is 1. The summed E-state index contributed by atoms with van der Waals surface area (Å²) in [5, 5.41) is 3.92. The largest absolute Gasteiger partial charge is 0.296 e. The van der Waals surface area contributed by atoms with Gasteiger partial charge in [0.15, 0.2) is 11.9 Å². The molecule has 0 fully saturated rings. The second-order valence-corrected chi connectivity index (χ2v) is 2.11. The van der Waals surface area contributed by atoms with Crippen LogP contribution in [0.1, 0.15) is 10.5 Å². The first kappa shape index (κ1) is 6.03. The third-order valence-corrected chi connectivity index (χ3v) is 1.38. The average Bonchev–Trinajstić information content (AvgIpc) is 2.46. The van der Waals surface area contributed by atoms with Crippen molar-refractivity contribution in [1.29, 1.82) is 0 Å². The summed E-state index contributed by atoms with van der Waals surface area (Å²) in [4.78, 5) is 14.3. The van der Waals surface area contributed by atoms with E-state index < -0.39 is 0 Å². The standard InChI is InChI=1S/C7H5N3O/c11-5-6-4-7-8-2-1-3-10(7)9-6/h1-5H. The van der Waals surface area contributed by atoms with Gasteiger partial charge in [0.25, 0.3) is 0 Å². The van der Waals surface area contributed by atoms with Crippen LogP contribution in [-0.4, -0.2) is 20.9 Å². The van der Waals surface area contributed by atoms with Gasteiger partial charge in [-0.05, 0) is 6.07 Å². The topological polar surface area (TPSA) is 47.3 Å². The molecule has 4 heteroatoms. The van der Waals surface area contributed by atoms with E-state index in [2.05, 4.69) is 10.1 Å². The third-order valence-electron chi connectivity index (χ3n) is 1.38. The zero-order valence-corrected chi connectivity index (χ0v) is 5.64. The highest BCUT2D eigenvalue weighted by Gasteiger charge is 1.97. The van der Waals surface area contributed by atoms with Crippen molar-refractivity contribution in [3.63, 3.8) is 0 Å². The lowest BCUT2D eigenvalue weighted by atomic mass is 10.5. The number of hydrogen-bond donors (Lipinski definition) is 0. The molecule has 4 nitrogen and oxygen atoms in total. The number of aldehydes is 1. The second kappa shape index (κ2) is 2.16. The van der Waals surface area contributed by atoms with Crippen LogP contribution in [0.15, 0.2) is 24.5 Å². The quantitative estimate of drug-likeness (QED) is 0.553. The van der Waals surface area contributed by atoms with Crippen molar-refractivity contribution in [3.05, 3.63) is 30.2 Å². The zero-order valence-electron chi connectivity index (χ0n) is 5.64. The fourth-order valence-electron chi connectivity index (χ4n) is 0.906. The first-order valence-corrected chi connectivity index (χ1v) is 3.16. The number of fused-ring (bicyclic) bond motifs is 1. The molecule has 2 rings (SSSR count). The monoisotopic (exact) mass is 147 g/mol. The van der Waals surface area contributed by atoms with Crippen molar-refractivity contribution < 1.29 is 4.79 Å². The number of carbonyl (C=O) groups excluding carboxylic acids is 1. The van der Waals surface area contributed by atoms with E-state index in [0.29, 0.717) is 17.6 Å². The van der Waals surface area contributed by atoms with Crippen LogP contribution in [0, 0.1) is 0 Å². The molecular formula is C7H5N3O. The molecule has 0 atom stereocenters. The second-order valence-electron chi connectivity index (χ2n) is 2.11. The molecule has 0 aliphatic rings. The van der Waals surface area contributed by atoms with Gasteiger partial charge < -0.3 is 0 Å². The Bertz CT molecular complexity index is 360. The molecule has 0 aromatic carbocycles. The van der Waals surface area contributed by atoms with Crippen LogP contribution in [0.2, 0.25) is 0 Å². The van der Waals surface area contributed by atoms with Crippen molar-refractivity contribution in [1.82, 2.24) is 14.6 Å². The van der Waals surface area contributed by atoms with Crippen LogP contribution in [0.5, 0.6) is 0 Å². The van der Waals surface area contributed by atoms with Crippen LogP contribution in [0.3, 0.4) is 0 Å². The van der Waals surface area contributed by atoms with Gasteiger partial charge in [0, 0.05) is 18.5 Å². The Hall–Kier alpha value is -1.71. The lowest BCUT2D eigenvalue weighted by Crippen LogP contribution is -1.87. The highest BCUT2D eigenvalue weighted by molar-refractivity contribution is 5.73. The van der Waals surface area contributed by atoms with E-state index in [1.165, 1.54) is 0 Å². The fourth-order valence-corrected chi connectivity index (χ4v) is 0.906. The maximum atomic E-state index is 10.3. The Morgan fingerprint density at radius 2 is 2.45 bits per heavy atom. The summed E-state index contributed by atoms with van der Waals surface area (Å²) in [7, 11) is 0. The van der Waals surface area contributed by atoms with Gasteiger partial charge >= 0.3 is 0 Å². The predicted molar refractivity (Wildman–Crippen MR) is 38.4 cm³/mol. The van der Waals surface area contributed by atoms with Crippen LogP contribution in [0.4, 0.5) is 0 Å². The Labute approximate surface area is 62.5 Å². The lowest BCUT2D eigenvalue weighted by Gasteiger charge is -1.85. The maximum Gasteiger partial charge on any atom is 0.170 e. The molecule has 0 saturated heterocycles. The van der Waals surface area contributed by atoms with Gasteiger partial charge in [-0.3, -0.25) is 4.79 Å². The molecule has 0 unspecified atom stereocenters. The van der Waals surface area contributed by atoms with Gasteiger partial charge in [-0.2, -0.15) is 5.10 Å². The molecule has 0 aliphatic carbocycles. The molecule has 11 heavy (non-hydrogen) atoms. The van der Waals surface area contributed by atoms with E-state index in [-0.39, 0.29) is 0 Å². The van der Waals surface area contributed by atoms with Gasteiger partial charge in [0.1, 0.15) is 5.69 Å². The predicted octanol–water partition coefficient (Wildman–Crippen LogP) is 0.542. The molecule has 0 N–H and O–H groups in total. The van der Waals surface area contributed by atoms with Crippen molar-refractivity contribution in [2.24, 2.45) is 0 Å². The van der Waals surface area contributed by atoms with Crippen LogP contribution in [0.25, 0.3) is 5.65 Å². The molecule has 0 saturated carbocycles. The third kappa shape index (κ3) is 0.881. The Morgan fingerprint density at radius 3 is 3.18 bits per heavy atom. The van der Waals surface area contributed by atoms with E-state index in [0.717, 1.165) is 0 Å². The molecule has 2 aromatic rings. The maximum absolute atomic E-state index is 10.3. The van der Waals surface area contributed by atoms with Crippen molar-refractivity contribution >= 4 is 11.9 Å². The molecule has 0 radical (unpaired) electrons. The lowest BCUT2D eigenvalue weighted by molar-refractivity contribution is 0.111. The first-order chi connectivity index (χ1) is 5.40. The molecule has 2 aromatic heterocycles. The number of carbonyl (C=O) groups is 1. The van der Waals surface area contributed by atoms with Gasteiger partial charge in [-0.1, -0.05) is 0 Å². The molecule has 54 valence electrons. The van der Waals surface area contributed by atoms with Crippen LogP contribution < -0.4 is 0 Å². The molecule has 2 heterocycles. The van der Waals surface area contributed by atoms with Crippen LogP contribution in [-0.2, 0) is 0 Å². The van der Waals surface area contributed by atoms with Gasteiger partial charge in [-0.15, -0.1) is 0 Å².